The van der Waals surface area contributed by atoms with Crippen LogP contribution in [-0.2, 0) is 10.0 Å². The maximum Gasteiger partial charge on any atom is 0.262 e. The second-order valence-electron chi connectivity index (χ2n) is 6.08. The third kappa shape index (κ3) is 4.35. The highest BCUT2D eigenvalue weighted by Gasteiger charge is 2.19. The predicted molar refractivity (Wildman–Crippen MR) is 95.8 cm³/mol. The van der Waals surface area contributed by atoms with Gasteiger partial charge in [-0.15, -0.1) is 0 Å². The Morgan fingerprint density at radius 1 is 1.00 bits per heavy atom. The molecule has 2 aromatic rings. The Labute approximate surface area is 143 Å². The lowest BCUT2D eigenvalue weighted by Crippen LogP contribution is -2.30. The SMILES string of the molecule is Cc1ccc(NS(=O)(=O)c2cc(C(=O)NC(C)C)ccc2C)cc1. The van der Waals surface area contributed by atoms with Crippen LogP contribution in [0.25, 0.3) is 0 Å². The van der Waals surface area contributed by atoms with Gasteiger partial charge in [0.1, 0.15) is 0 Å². The van der Waals surface area contributed by atoms with Crippen molar-refractivity contribution in [2.24, 2.45) is 0 Å². The monoisotopic (exact) mass is 346 g/mol. The summed E-state index contributed by atoms with van der Waals surface area (Å²) < 4.78 is 27.9. The van der Waals surface area contributed by atoms with Gasteiger partial charge in [0.05, 0.1) is 4.90 Å². The summed E-state index contributed by atoms with van der Waals surface area (Å²) in [6, 6.07) is 11.7. The fraction of sp³-hybridized carbons (Fsp3) is 0.278. The number of benzene rings is 2. The largest absolute Gasteiger partial charge is 0.350 e. The molecule has 2 rings (SSSR count). The van der Waals surface area contributed by atoms with Gasteiger partial charge in [0.2, 0.25) is 0 Å². The molecule has 0 saturated carbocycles. The normalized spacial score (nSPS) is 11.4. The van der Waals surface area contributed by atoms with Gasteiger partial charge in [-0.25, -0.2) is 8.42 Å². The van der Waals surface area contributed by atoms with Gasteiger partial charge < -0.3 is 5.32 Å². The number of carbonyl (C=O) groups excluding carboxylic acids is 1. The molecule has 24 heavy (non-hydrogen) atoms. The Kier molecular flexibility index (Phi) is 5.29. The van der Waals surface area contributed by atoms with Crippen molar-refractivity contribution < 1.29 is 13.2 Å². The van der Waals surface area contributed by atoms with Crippen LogP contribution in [0.2, 0.25) is 0 Å². The highest BCUT2D eigenvalue weighted by atomic mass is 32.2. The van der Waals surface area contributed by atoms with Crippen LogP contribution in [0, 0.1) is 13.8 Å². The lowest BCUT2D eigenvalue weighted by atomic mass is 10.1. The van der Waals surface area contributed by atoms with Gasteiger partial charge in [0, 0.05) is 17.3 Å². The van der Waals surface area contributed by atoms with E-state index in [0.29, 0.717) is 16.8 Å². The van der Waals surface area contributed by atoms with Crippen molar-refractivity contribution in [1.29, 1.82) is 0 Å². The summed E-state index contributed by atoms with van der Waals surface area (Å²) in [4.78, 5) is 12.2. The molecule has 0 heterocycles. The highest BCUT2D eigenvalue weighted by Crippen LogP contribution is 2.21. The standard InChI is InChI=1S/C18H22N2O3S/c1-12(2)19-18(21)15-8-7-14(4)17(11-15)24(22,23)20-16-9-5-13(3)6-10-16/h5-12,20H,1-4H3,(H,19,21). The molecule has 0 aromatic heterocycles. The van der Waals surface area contributed by atoms with E-state index in [9.17, 15) is 13.2 Å². The fourth-order valence-electron chi connectivity index (χ4n) is 2.21. The van der Waals surface area contributed by atoms with Crippen LogP contribution in [0.3, 0.4) is 0 Å². The topological polar surface area (TPSA) is 75.3 Å². The quantitative estimate of drug-likeness (QED) is 0.873. The van der Waals surface area contributed by atoms with Crippen molar-refractivity contribution in [3.8, 4) is 0 Å². The molecule has 5 nitrogen and oxygen atoms in total. The molecule has 0 fully saturated rings. The third-order valence-corrected chi connectivity index (χ3v) is 4.99. The Hall–Kier alpha value is -2.34. The minimum absolute atomic E-state index is 0.0236. The number of rotatable bonds is 5. The lowest BCUT2D eigenvalue weighted by Gasteiger charge is -2.13. The van der Waals surface area contributed by atoms with Gasteiger partial charge in [-0.1, -0.05) is 23.8 Å². The molecule has 0 aliphatic rings. The molecule has 0 aliphatic heterocycles. The number of anilines is 1. The maximum absolute atomic E-state index is 12.7. The van der Waals surface area contributed by atoms with Crippen LogP contribution in [0.1, 0.15) is 35.3 Å². The summed E-state index contributed by atoms with van der Waals surface area (Å²) in [6.07, 6.45) is 0. The zero-order valence-corrected chi connectivity index (χ0v) is 15.1. The van der Waals surface area contributed by atoms with Crippen LogP contribution in [0.15, 0.2) is 47.4 Å². The Morgan fingerprint density at radius 2 is 1.62 bits per heavy atom. The number of amides is 1. The first-order chi connectivity index (χ1) is 11.2. The summed E-state index contributed by atoms with van der Waals surface area (Å²) in [5.41, 5.74) is 2.42. The molecule has 2 N–H and O–H groups in total. The average Bonchev–Trinajstić information content (AvgIpc) is 2.49. The van der Waals surface area contributed by atoms with Crippen LogP contribution in [-0.4, -0.2) is 20.4 Å². The van der Waals surface area contributed by atoms with E-state index in [1.54, 1.807) is 31.2 Å². The second kappa shape index (κ2) is 7.05. The molecule has 6 heteroatoms. The minimum Gasteiger partial charge on any atom is -0.350 e. The summed E-state index contributed by atoms with van der Waals surface area (Å²) in [6.45, 7) is 7.33. The highest BCUT2D eigenvalue weighted by molar-refractivity contribution is 7.92. The number of aryl methyl sites for hydroxylation is 2. The molecule has 0 radical (unpaired) electrons. The van der Waals surface area contributed by atoms with E-state index >= 15 is 0 Å². The molecular weight excluding hydrogens is 324 g/mol. The Balaban J connectivity index is 2.35. The van der Waals surface area contributed by atoms with Crippen molar-refractivity contribution in [3.05, 3.63) is 59.2 Å². The van der Waals surface area contributed by atoms with E-state index in [4.69, 9.17) is 0 Å². The molecule has 0 saturated heterocycles. The molecule has 0 spiro atoms. The second-order valence-corrected chi connectivity index (χ2v) is 7.73. The van der Waals surface area contributed by atoms with Gasteiger partial charge in [-0.3, -0.25) is 9.52 Å². The number of nitrogens with one attached hydrogen (secondary N) is 2. The number of hydrogen-bond acceptors (Lipinski definition) is 3. The van der Waals surface area contributed by atoms with E-state index in [1.807, 2.05) is 32.9 Å². The van der Waals surface area contributed by atoms with Crippen molar-refractivity contribution in [1.82, 2.24) is 5.32 Å². The van der Waals surface area contributed by atoms with Crippen LogP contribution in [0.4, 0.5) is 5.69 Å². The maximum atomic E-state index is 12.7. The first-order valence-corrected chi connectivity index (χ1v) is 9.18. The van der Waals surface area contributed by atoms with E-state index in [2.05, 4.69) is 10.0 Å². The summed E-state index contributed by atoms with van der Waals surface area (Å²) in [5, 5.41) is 2.76. The van der Waals surface area contributed by atoms with Crippen molar-refractivity contribution in [3.63, 3.8) is 0 Å². The van der Waals surface area contributed by atoms with Crippen molar-refractivity contribution >= 4 is 21.6 Å². The summed E-state index contributed by atoms with van der Waals surface area (Å²) in [5.74, 6) is -0.295. The molecule has 0 atom stereocenters. The van der Waals surface area contributed by atoms with Crippen LogP contribution < -0.4 is 10.0 Å². The Morgan fingerprint density at radius 3 is 2.21 bits per heavy atom. The van der Waals surface area contributed by atoms with Gasteiger partial charge in [0.25, 0.3) is 15.9 Å². The zero-order chi connectivity index (χ0) is 17.9. The molecule has 1 amide bonds. The minimum atomic E-state index is -3.77. The molecule has 2 aromatic carbocycles. The van der Waals surface area contributed by atoms with Gasteiger partial charge in [-0.05, 0) is 57.5 Å². The Bertz CT molecular complexity index is 841. The summed E-state index contributed by atoms with van der Waals surface area (Å²) in [7, 11) is -3.77. The number of carbonyl (C=O) groups is 1. The smallest absolute Gasteiger partial charge is 0.262 e. The van der Waals surface area contributed by atoms with Crippen LogP contribution >= 0.6 is 0 Å². The van der Waals surface area contributed by atoms with Gasteiger partial charge in [-0.2, -0.15) is 0 Å². The zero-order valence-electron chi connectivity index (χ0n) is 14.3. The predicted octanol–water partition coefficient (Wildman–Crippen LogP) is 3.24. The van der Waals surface area contributed by atoms with Crippen molar-refractivity contribution in [2.45, 2.75) is 38.6 Å². The third-order valence-electron chi connectivity index (χ3n) is 3.46. The molecule has 128 valence electrons. The van der Waals surface area contributed by atoms with E-state index < -0.39 is 10.0 Å². The molecule has 0 unspecified atom stereocenters. The number of sulfonamides is 1. The average molecular weight is 346 g/mol. The fourth-order valence-corrected chi connectivity index (χ4v) is 3.54. The van der Waals surface area contributed by atoms with E-state index in [0.717, 1.165) is 5.56 Å². The van der Waals surface area contributed by atoms with E-state index in [-0.39, 0.29) is 16.8 Å². The first kappa shape index (κ1) is 18.0. The molecule has 0 aliphatic carbocycles. The van der Waals surface area contributed by atoms with Gasteiger partial charge in [0.15, 0.2) is 0 Å². The van der Waals surface area contributed by atoms with E-state index in [1.165, 1.54) is 6.07 Å². The van der Waals surface area contributed by atoms with Crippen LogP contribution in [0.5, 0.6) is 0 Å². The molecule has 0 bridgehead atoms. The van der Waals surface area contributed by atoms with Crippen molar-refractivity contribution in [2.75, 3.05) is 4.72 Å². The summed E-state index contributed by atoms with van der Waals surface area (Å²) >= 11 is 0. The van der Waals surface area contributed by atoms with Gasteiger partial charge >= 0.3 is 0 Å². The lowest BCUT2D eigenvalue weighted by molar-refractivity contribution is 0.0943. The number of hydrogen-bond donors (Lipinski definition) is 2. The molecular formula is C18H22N2O3S. The first-order valence-electron chi connectivity index (χ1n) is 7.70.